The second-order valence-electron chi connectivity index (χ2n) is 6.15. The van der Waals surface area contributed by atoms with Crippen LogP contribution < -0.4 is 0 Å². The largest absolute Gasteiger partial charge is 0.409 e. The van der Waals surface area contributed by atoms with Crippen molar-refractivity contribution in [2.75, 3.05) is 26.2 Å². The van der Waals surface area contributed by atoms with Crippen molar-refractivity contribution >= 4 is 23.6 Å². The number of hydrogen-bond acceptors (Lipinski definition) is 6. The maximum atomic E-state index is 5.66. The molecule has 0 N–H and O–H groups in total. The third kappa shape index (κ3) is 4.07. The van der Waals surface area contributed by atoms with E-state index in [-0.39, 0.29) is 0 Å². The molecular formula is C18H20N4OS2. The summed E-state index contributed by atoms with van der Waals surface area (Å²) >= 11 is 7.17. The fourth-order valence-electron chi connectivity index (χ4n) is 2.99. The molecule has 25 heavy (non-hydrogen) atoms. The fraction of sp³-hybridized carbons (Fsp3) is 0.333. The molecule has 0 aliphatic carbocycles. The average molecular weight is 373 g/mol. The minimum absolute atomic E-state index is 0.430. The molecular weight excluding hydrogens is 352 g/mol. The van der Waals surface area contributed by atoms with E-state index in [0.717, 1.165) is 38.3 Å². The molecule has 0 bridgehead atoms. The van der Waals surface area contributed by atoms with Crippen LogP contribution in [-0.4, -0.2) is 45.8 Å². The molecule has 0 saturated carbocycles. The van der Waals surface area contributed by atoms with E-state index in [1.807, 2.05) is 41.7 Å². The standard InChI is InChI=1S/C18H20N4OS2/c24-18-22(19-17(23-18)15-5-2-1-3-6-15)14-21-10-8-20(9-11-21)13-16-7-4-12-25-16/h1-7,12H,8-11,13-14H2. The molecule has 0 spiro atoms. The maximum absolute atomic E-state index is 5.66. The molecule has 4 rings (SSSR count). The first kappa shape index (κ1) is 16.7. The zero-order chi connectivity index (χ0) is 17.1. The van der Waals surface area contributed by atoms with E-state index in [9.17, 15) is 0 Å². The maximum Gasteiger partial charge on any atom is 0.288 e. The second kappa shape index (κ2) is 7.61. The summed E-state index contributed by atoms with van der Waals surface area (Å²) in [5.74, 6) is 0.585. The summed E-state index contributed by atoms with van der Waals surface area (Å²) in [5.41, 5.74) is 0.952. The highest BCUT2D eigenvalue weighted by atomic mass is 32.1. The third-order valence-corrected chi connectivity index (χ3v) is 5.54. The monoisotopic (exact) mass is 372 g/mol. The van der Waals surface area contributed by atoms with E-state index in [4.69, 9.17) is 16.6 Å². The molecule has 1 fully saturated rings. The van der Waals surface area contributed by atoms with Gasteiger partial charge in [-0.3, -0.25) is 9.80 Å². The summed E-state index contributed by atoms with van der Waals surface area (Å²) in [5, 5.41) is 6.69. The van der Waals surface area contributed by atoms with E-state index < -0.39 is 0 Å². The highest BCUT2D eigenvalue weighted by Gasteiger charge is 2.19. The second-order valence-corrected chi connectivity index (χ2v) is 7.54. The van der Waals surface area contributed by atoms with Crippen molar-refractivity contribution in [1.29, 1.82) is 0 Å². The highest BCUT2D eigenvalue weighted by molar-refractivity contribution is 7.71. The van der Waals surface area contributed by atoms with Gasteiger partial charge >= 0.3 is 0 Å². The highest BCUT2D eigenvalue weighted by Crippen LogP contribution is 2.18. The molecule has 3 heterocycles. The Balaban J connectivity index is 1.36. The Morgan fingerprint density at radius 2 is 1.76 bits per heavy atom. The lowest BCUT2D eigenvalue weighted by Crippen LogP contribution is -2.46. The van der Waals surface area contributed by atoms with Crippen LogP contribution in [0.5, 0.6) is 0 Å². The molecule has 130 valence electrons. The molecule has 0 atom stereocenters. The van der Waals surface area contributed by atoms with Gasteiger partial charge in [0.2, 0.25) is 5.89 Å². The van der Waals surface area contributed by atoms with Gasteiger partial charge in [-0.2, -0.15) is 0 Å². The number of thiophene rings is 1. The first-order valence-corrected chi connectivity index (χ1v) is 9.67. The van der Waals surface area contributed by atoms with Gasteiger partial charge in [0, 0.05) is 43.2 Å². The molecule has 0 unspecified atom stereocenters. The van der Waals surface area contributed by atoms with Crippen molar-refractivity contribution in [1.82, 2.24) is 19.6 Å². The van der Waals surface area contributed by atoms with Gasteiger partial charge < -0.3 is 4.42 Å². The lowest BCUT2D eigenvalue weighted by atomic mass is 10.2. The van der Waals surface area contributed by atoms with Gasteiger partial charge in [0.05, 0.1) is 6.67 Å². The fourth-order valence-corrected chi connectivity index (χ4v) is 3.92. The molecule has 3 aromatic rings. The molecule has 1 aliphatic rings. The minimum Gasteiger partial charge on any atom is -0.409 e. The van der Waals surface area contributed by atoms with Gasteiger partial charge in [-0.25, -0.2) is 4.68 Å². The van der Waals surface area contributed by atoms with E-state index >= 15 is 0 Å². The first-order chi connectivity index (χ1) is 12.3. The van der Waals surface area contributed by atoms with Gasteiger partial charge in [-0.1, -0.05) is 24.3 Å². The van der Waals surface area contributed by atoms with E-state index in [1.165, 1.54) is 4.88 Å². The van der Waals surface area contributed by atoms with Crippen LogP contribution in [0.4, 0.5) is 0 Å². The van der Waals surface area contributed by atoms with Crippen LogP contribution in [-0.2, 0) is 13.2 Å². The number of piperazine rings is 1. The Morgan fingerprint density at radius 1 is 1.00 bits per heavy atom. The van der Waals surface area contributed by atoms with Crippen molar-refractivity contribution in [2.45, 2.75) is 13.2 Å². The van der Waals surface area contributed by atoms with Gasteiger partial charge in [0.15, 0.2) is 0 Å². The lowest BCUT2D eigenvalue weighted by Gasteiger charge is -2.34. The Labute approximate surface area is 156 Å². The molecule has 2 aromatic heterocycles. The minimum atomic E-state index is 0.430. The summed E-state index contributed by atoms with van der Waals surface area (Å²) in [6.45, 7) is 5.89. The summed E-state index contributed by atoms with van der Waals surface area (Å²) in [6.07, 6.45) is 0. The van der Waals surface area contributed by atoms with Crippen LogP contribution in [0.15, 0.2) is 52.3 Å². The van der Waals surface area contributed by atoms with Crippen LogP contribution in [0, 0.1) is 4.84 Å². The lowest BCUT2D eigenvalue weighted by molar-refractivity contribution is 0.0980. The Morgan fingerprint density at radius 3 is 2.48 bits per heavy atom. The molecule has 1 aliphatic heterocycles. The first-order valence-electron chi connectivity index (χ1n) is 8.38. The molecule has 1 saturated heterocycles. The van der Waals surface area contributed by atoms with E-state index in [0.29, 0.717) is 17.4 Å². The quantitative estimate of drug-likeness (QED) is 0.638. The van der Waals surface area contributed by atoms with Crippen LogP contribution in [0.1, 0.15) is 4.88 Å². The smallest absolute Gasteiger partial charge is 0.288 e. The number of aromatic nitrogens is 2. The number of benzene rings is 1. The summed E-state index contributed by atoms with van der Waals surface area (Å²) in [4.78, 5) is 6.73. The topological polar surface area (TPSA) is 37.4 Å². The van der Waals surface area contributed by atoms with Crippen molar-refractivity contribution < 1.29 is 4.42 Å². The third-order valence-electron chi connectivity index (χ3n) is 4.39. The normalized spacial score (nSPS) is 16.3. The van der Waals surface area contributed by atoms with Crippen molar-refractivity contribution in [3.8, 4) is 11.5 Å². The predicted molar refractivity (Wildman–Crippen MR) is 102 cm³/mol. The van der Waals surface area contributed by atoms with Crippen molar-refractivity contribution in [2.24, 2.45) is 0 Å². The van der Waals surface area contributed by atoms with Crippen LogP contribution >= 0.6 is 23.6 Å². The zero-order valence-corrected chi connectivity index (χ0v) is 15.5. The molecule has 0 radical (unpaired) electrons. The van der Waals surface area contributed by atoms with Crippen LogP contribution in [0.25, 0.3) is 11.5 Å². The van der Waals surface area contributed by atoms with Gasteiger partial charge in [0.25, 0.3) is 4.84 Å². The van der Waals surface area contributed by atoms with Gasteiger partial charge in [0.1, 0.15) is 0 Å². The molecule has 5 nitrogen and oxygen atoms in total. The predicted octanol–water partition coefficient (Wildman–Crippen LogP) is 3.71. The van der Waals surface area contributed by atoms with E-state index in [1.54, 1.807) is 4.68 Å². The number of rotatable bonds is 5. The van der Waals surface area contributed by atoms with Crippen molar-refractivity contribution in [3.05, 3.63) is 57.6 Å². The van der Waals surface area contributed by atoms with Crippen molar-refractivity contribution in [3.63, 3.8) is 0 Å². The van der Waals surface area contributed by atoms with E-state index in [2.05, 4.69) is 32.4 Å². The Hall–Kier alpha value is -1.80. The van der Waals surface area contributed by atoms with Crippen LogP contribution in [0.3, 0.4) is 0 Å². The summed E-state index contributed by atoms with van der Waals surface area (Å²) in [7, 11) is 0. The summed E-state index contributed by atoms with van der Waals surface area (Å²) in [6, 6.07) is 14.2. The molecule has 1 aromatic carbocycles. The Kier molecular flexibility index (Phi) is 5.07. The number of hydrogen-bond donors (Lipinski definition) is 0. The average Bonchev–Trinajstić information content (AvgIpc) is 3.28. The number of nitrogens with zero attached hydrogens (tertiary/aromatic N) is 4. The zero-order valence-electron chi connectivity index (χ0n) is 13.9. The van der Waals surface area contributed by atoms with Crippen LogP contribution in [0.2, 0.25) is 0 Å². The Bertz CT molecular complexity index is 849. The van der Waals surface area contributed by atoms with Gasteiger partial charge in [-0.15, -0.1) is 16.4 Å². The van der Waals surface area contributed by atoms with Gasteiger partial charge in [-0.05, 0) is 35.8 Å². The molecule has 7 heteroatoms. The molecule has 0 amide bonds. The SMILES string of the molecule is S=c1oc(-c2ccccc2)nn1CN1CCN(Cc2cccs2)CC1. The summed E-state index contributed by atoms with van der Waals surface area (Å²) < 4.78 is 7.45.